The predicted octanol–water partition coefficient (Wildman–Crippen LogP) is 3.70. The number of hydrogen-bond acceptors (Lipinski definition) is 4. The van der Waals surface area contributed by atoms with Gasteiger partial charge >= 0.3 is 0 Å². The average Bonchev–Trinajstić information content (AvgIpc) is 2.87. The monoisotopic (exact) mass is 507 g/mol. The van der Waals surface area contributed by atoms with Gasteiger partial charge in [-0.2, -0.15) is 0 Å². The predicted molar refractivity (Wildman–Crippen MR) is 142 cm³/mol. The summed E-state index contributed by atoms with van der Waals surface area (Å²) in [5.41, 5.74) is 3.20. The molecule has 2 amide bonds. The third-order valence-corrected chi connectivity index (χ3v) is 7.86. The van der Waals surface area contributed by atoms with Crippen molar-refractivity contribution in [2.75, 3.05) is 24.4 Å². The standard InChI is InChI=1S/C28H33N3O4S/c1-21-13-15-26(16-14-21)36(34,35)31(25-12-8-9-22(2)19-25)20-27(32)30(23(3)28(33)29-4)18-17-24-10-6-5-7-11-24/h5-16,19,23H,17-18,20H2,1-4H3,(H,29,33)/t23-/m0/s1. The zero-order valence-corrected chi connectivity index (χ0v) is 22.0. The Balaban J connectivity index is 1.97. The lowest BCUT2D eigenvalue weighted by atomic mass is 10.1. The van der Waals surface area contributed by atoms with Crippen LogP contribution >= 0.6 is 0 Å². The maximum Gasteiger partial charge on any atom is 0.264 e. The van der Waals surface area contributed by atoms with Crippen LogP contribution in [0.25, 0.3) is 0 Å². The van der Waals surface area contributed by atoms with E-state index in [1.54, 1.807) is 37.3 Å². The van der Waals surface area contributed by atoms with Crippen molar-refractivity contribution in [3.8, 4) is 0 Å². The first-order valence-corrected chi connectivity index (χ1v) is 13.3. The minimum atomic E-state index is -4.05. The summed E-state index contributed by atoms with van der Waals surface area (Å²) in [5.74, 6) is -0.779. The van der Waals surface area contributed by atoms with Gasteiger partial charge in [0.1, 0.15) is 12.6 Å². The Bertz CT molecular complexity index is 1290. The quantitative estimate of drug-likeness (QED) is 0.453. The molecule has 190 valence electrons. The van der Waals surface area contributed by atoms with Crippen LogP contribution in [0.1, 0.15) is 23.6 Å². The number of carbonyl (C=O) groups excluding carboxylic acids is 2. The first-order valence-electron chi connectivity index (χ1n) is 11.8. The third-order valence-electron chi connectivity index (χ3n) is 6.08. The number of amides is 2. The molecule has 0 fully saturated rings. The van der Waals surface area contributed by atoms with Crippen LogP contribution in [0.2, 0.25) is 0 Å². The number of hydrogen-bond donors (Lipinski definition) is 1. The molecule has 7 nitrogen and oxygen atoms in total. The van der Waals surface area contributed by atoms with Gasteiger partial charge in [0.05, 0.1) is 10.6 Å². The van der Waals surface area contributed by atoms with E-state index < -0.39 is 28.5 Å². The van der Waals surface area contributed by atoms with Gasteiger partial charge in [-0.1, -0.05) is 60.2 Å². The molecule has 0 bridgehead atoms. The van der Waals surface area contributed by atoms with Crippen molar-refractivity contribution >= 4 is 27.5 Å². The van der Waals surface area contributed by atoms with E-state index in [9.17, 15) is 18.0 Å². The van der Waals surface area contributed by atoms with Gasteiger partial charge in [0.2, 0.25) is 11.8 Å². The van der Waals surface area contributed by atoms with E-state index in [-0.39, 0.29) is 17.3 Å². The topological polar surface area (TPSA) is 86.8 Å². The summed E-state index contributed by atoms with van der Waals surface area (Å²) in [7, 11) is -2.54. The maximum atomic E-state index is 13.7. The van der Waals surface area contributed by atoms with Crippen molar-refractivity contribution in [3.05, 3.63) is 95.6 Å². The Hall–Kier alpha value is -3.65. The molecular formula is C28H33N3O4S. The van der Waals surface area contributed by atoms with Crippen LogP contribution < -0.4 is 9.62 Å². The molecule has 0 saturated heterocycles. The Morgan fingerprint density at radius 3 is 2.17 bits per heavy atom. The summed E-state index contributed by atoms with van der Waals surface area (Å²) >= 11 is 0. The molecule has 0 aromatic heterocycles. The molecule has 3 rings (SSSR count). The zero-order valence-electron chi connectivity index (χ0n) is 21.1. The van der Waals surface area contributed by atoms with Crippen molar-refractivity contribution in [3.63, 3.8) is 0 Å². The fourth-order valence-electron chi connectivity index (χ4n) is 3.93. The second-order valence-corrected chi connectivity index (χ2v) is 10.6. The summed E-state index contributed by atoms with van der Waals surface area (Å²) in [6, 6.07) is 22.4. The second-order valence-electron chi connectivity index (χ2n) is 8.78. The summed E-state index contributed by atoms with van der Waals surface area (Å²) in [4.78, 5) is 27.7. The van der Waals surface area contributed by atoms with Crippen LogP contribution in [0.15, 0.2) is 83.8 Å². The first-order chi connectivity index (χ1) is 17.1. The van der Waals surface area contributed by atoms with Gasteiger partial charge in [0, 0.05) is 13.6 Å². The van der Waals surface area contributed by atoms with Gasteiger partial charge in [-0.3, -0.25) is 13.9 Å². The number of nitrogens with zero attached hydrogens (tertiary/aromatic N) is 2. The van der Waals surface area contributed by atoms with Crippen molar-refractivity contribution in [2.45, 2.75) is 38.1 Å². The van der Waals surface area contributed by atoms with Crippen LogP contribution in [0.4, 0.5) is 5.69 Å². The van der Waals surface area contributed by atoms with E-state index in [0.717, 1.165) is 21.0 Å². The summed E-state index contributed by atoms with van der Waals surface area (Å²) in [6.07, 6.45) is 0.531. The Labute approximate surface area is 213 Å². The molecule has 8 heteroatoms. The van der Waals surface area contributed by atoms with E-state index in [2.05, 4.69) is 5.32 Å². The van der Waals surface area contributed by atoms with Gasteiger partial charge in [-0.25, -0.2) is 8.42 Å². The molecule has 0 aliphatic carbocycles. The molecule has 0 unspecified atom stereocenters. The number of aryl methyl sites for hydroxylation is 2. The van der Waals surface area contributed by atoms with Gasteiger partial charge in [-0.15, -0.1) is 0 Å². The highest BCUT2D eigenvalue weighted by molar-refractivity contribution is 7.92. The number of anilines is 1. The fourth-order valence-corrected chi connectivity index (χ4v) is 5.33. The number of rotatable bonds is 10. The molecule has 0 radical (unpaired) electrons. The number of benzene rings is 3. The normalized spacial score (nSPS) is 12.0. The summed E-state index contributed by atoms with van der Waals surface area (Å²) in [6.45, 7) is 5.22. The van der Waals surface area contributed by atoms with Crippen molar-refractivity contribution in [2.24, 2.45) is 0 Å². The minimum absolute atomic E-state index is 0.0950. The number of nitrogens with one attached hydrogen (secondary N) is 1. The summed E-state index contributed by atoms with van der Waals surface area (Å²) in [5, 5.41) is 2.59. The molecule has 3 aromatic carbocycles. The Kier molecular flexibility index (Phi) is 8.88. The third kappa shape index (κ3) is 6.51. The lowest BCUT2D eigenvalue weighted by Gasteiger charge is -2.31. The van der Waals surface area contributed by atoms with E-state index in [0.29, 0.717) is 12.1 Å². The van der Waals surface area contributed by atoms with E-state index in [1.165, 1.54) is 24.1 Å². The Morgan fingerprint density at radius 2 is 1.56 bits per heavy atom. The van der Waals surface area contributed by atoms with Crippen LogP contribution in [-0.2, 0) is 26.0 Å². The molecular weight excluding hydrogens is 474 g/mol. The largest absolute Gasteiger partial charge is 0.357 e. The van der Waals surface area contributed by atoms with E-state index in [4.69, 9.17) is 0 Å². The highest BCUT2D eigenvalue weighted by Crippen LogP contribution is 2.25. The highest BCUT2D eigenvalue weighted by atomic mass is 32.2. The maximum absolute atomic E-state index is 13.7. The highest BCUT2D eigenvalue weighted by Gasteiger charge is 2.32. The zero-order chi connectivity index (χ0) is 26.3. The number of carbonyl (C=O) groups is 2. The molecule has 0 aliphatic heterocycles. The molecule has 0 spiro atoms. The second kappa shape index (κ2) is 11.9. The fraction of sp³-hybridized carbons (Fsp3) is 0.286. The minimum Gasteiger partial charge on any atom is -0.357 e. The van der Waals surface area contributed by atoms with Gasteiger partial charge in [-0.05, 0) is 62.6 Å². The van der Waals surface area contributed by atoms with Crippen LogP contribution in [-0.4, -0.2) is 51.3 Å². The Morgan fingerprint density at radius 1 is 0.889 bits per heavy atom. The molecule has 1 N–H and O–H groups in total. The molecule has 3 aromatic rings. The van der Waals surface area contributed by atoms with Gasteiger partial charge in [0.15, 0.2) is 0 Å². The number of sulfonamides is 1. The van der Waals surface area contributed by atoms with Gasteiger partial charge < -0.3 is 10.2 Å². The molecule has 1 atom stereocenters. The van der Waals surface area contributed by atoms with Crippen molar-refractivity contribution in [1.82, 2.24) is 10.2 Å². The lowest BCUT2D eigenvalue weighted by Crippen LogP contribution is -2.51. The number of likely N-dealkylation sites (N-methyl/N-ethyl adjacent to an activating group) is 1. The molecule has 0 aliphatic rings. The van der Waals surface area contributed by atoms with Crippen LogP contribution in [0, 0.1) is 13.8 Å². The first kappa shape index (κ1) is 26.9. The van der Waals surface area contributed by atoms with Crippen molar-refractivity contribution in [1.29, 1.82) is 0 Å². The average molecular weight is 508 g/mol. The SMILES string of the molecule is CNC(=O)[C@H](C)N(CCc1ccccc1)C(=O)CN(c1cccc(C)c1)S(=O)(=O)c1ccc(C)cc1. The lowest BCUT2D eigenvalue weighted by molar-refractivity contribution is -0.138. The van der Waals surface area contributed by atoms with Crippen LogP contribution in [0.3, 0.4) is 0 Å². The molecule has 0 saturated carbocycles. The van der Waals surface area contributed by atoms with E-state index in [1.807, 2.05) is 50.2 Å². The molecule has 36 heavy (non-hydrogen) atoms. The smallest absolute Gasteiger partial charge is 0.264 e. The van der Waals surface area contributed by atoms with Crippen molar-refractivity contribution < 1.29 is 18.0 Å². The van der Waals surface area contributed by atoms with Gasteiger partial charge in [0.25, 0.3) is 10.0 Å². The van der Waals surface area contributed by atoms with Crippen LogP contribution in [0.5, 0.6) is 0 Å². The molecule has 0 heterocycles. The summed E-state index contributed by atoms with van der Waals surface area (Å²) < 4.78 is 28.6. The van der Waals surface area contributed by atoms with E-state index >= 15 is 0 Å².